The number of para-hydroxylation sites is 3. The Morgan fingerprint density at radius 2 is 0.747 bits per heavy atom. The Labute approximate surface area is 555 Å². The third kappa shape index (κ3) is 8.31. The van der Waals surface area contributed by atoms with E-state index in [1.807, 2.05) is 22.7 Å². The van der Waals surface area contributed by atoms with Crippen LogP contribution in [0.1, 0.15) is 25.0 Å². The largest absolute Gasteiger partial charge is 0.454 e. The van der Waals surface area contributed by atoms with Crippen molar-refractivity contribution >= 4 is 163 Å². The first-order valence-corrected chi connectivity index (χ1v) is 34.1. The molecule has 0 aliphatic heterocycles. The summed E-state index contributed by atoms with van der Waals surface area (Å²) in [5.74, 6) is 0. The maximum atomic E-state index is 7.17. The fourth-order valence-electron chi connectivity index (χ4n) is 15.6. The molecule has 15 aromatic carbocycles. The average molecular weight is 1250 g/mol. The summed E-state index contributed by atoms with van der Waals surface area (Å²) in [6, 6.07) is 111. The van der Waals surface area contributed by atoms with Gasteiger partial charge in [-0.25, -0.2) is 0 Å². The molecule has 20 rings (SSSR count). The minimum atomic E-state index is -0.192. The lowest BCUT2D eigenvalue weighted by atomic mass is 9.82. The number of nitrogens with zero attached hydrogens (tertiary/aromatic N) is 2. The molecule has 0 spiro atoms. The van der Waals surface area contributed by atoms with E-state index in [1.165, 1.54) is 101 Å². The summed E-state index contributed by atoms with van der Waals surface area (Å²) < 4.78 is 19.2. The molecule has 446 valence electrons. The number of anilines is 6. The van der Waals surface area contributed by atoms with Crippen LogP contribution in [0.15, 0.2) is 312 Å². The van der Waals surface area contributed by atoms with Crippen LogP contribution in [-0.2, 0) is 5.41 Å². The van der Waals surface area contributed by atoms with Crippen molar-refractivity contribution in [2.24, 2.45) is 0 Å². The molecule has 0 radical (unpaired) electrons. The molecule has 6 heteroatoms. The van der Waals surface area contributed by atoms with Gasteiger partial charge in [-0.05, 0) is 192 Å². The summed E-state index contributed by atoms with van der Waals surface area (Å²) in [6.45, 7) is 4.73. The lowest BCUT2D eigenvalue weighted by Crippen LogP contribution is -2.16. The van der Waals surface area contributed by atoms with Crippen LogP contribution >= 0.6 is 22.7 Å². The highest BCUT2D eigenvalue weighted by Crippen LogP contribution is 2.54. The number of benzene rings is 15. The van der Waals surface area contributed by atoms with Gasteiger partial charge < -0.3 is 18.6 Å². The SMILES string of the molecule is CC1(C)c2ccccc2-c2ccc(N(c3cccc(-c4ccc5cc6c(cc5c4)sc4c6ccc5oc6c(N(c7ccccc7)c7ccc(-c8ccccc8-c8ccccc8)cc7)cccc6c54)c3)c3cccc4c3oc3ccc5c6cc7ccccc7cc6sc5c34)cc21. The van der Waals surface area contributed by atoms with Crippen LogP contribution in [0, 0.1) is 0 Å². The first-order valence-electron chi connectivity index (χ1n) is 32.5. The number of fused-ring (bicyclic) bond motifs is 19. The maximum Gasteiger partial charge on any atom is 0.159 e. The predicted molar refractivity (Wildman–Crippen MR) is 405 cm³/mol. The molecule has 0 fully saturated rings. The van der Waals surface area contributed by atoms with Gasteiger partial charge in [0.05, 0.1) is 11.4 Å². The zero-order chi connectivity index (χ0) is 62.6. The van der Waals surface area contributed by atoms with Crippen molar-refractivity contribution in [2.75, 3.05) is 9.80 Å². The van der Waals surface area contributed by atoms with Gasteiger partial charge in [0.15, 0.2) is 11.2 Å². The standard InChI is InChI=1S/C89H56N2O2S2/c1-89(2)75-31-14-13-28-67(75)68-41-40-64(52-76(68)89)91(78-33-17-30-72-84-80(93-86(72)78)44-42-69-73-48-56-20-9-10-21-57(56)50-81(73)94-87(69)84)63-25-15-22-55(47-63)58-34-35-59-49-74-70-43-45-79-83(88(70)95-82(74)51-60(59)46-58)71-29-16-32-77(85(71)92-79)90(61-23-7-4-8-24-61)62-38-36-54(37-39-62)66-27-12-11-26-65(66)53-18-5-3-6-19-53/h3-52H,1-2H3. The monoisotopic (exact) mass is 1250 g/mol. The molecular formula is C89H56N2O2S2. The molecule has 19 aromatic rings. The van der Waals surface area contributed by atoms with Crippen LogP contribution in [0.3, 0.4) is 0 Å². The van der Waals surface area contributed by atoms with E-state index in [1.54, 1.807) is 0 Å². The second-order valence-electron chi connectivity index (χ2n) is 25.9. The average Bonchev–Trinajstić information content (AvgIpc) is 1.59. The maximum absolute atomic E-state index is 7.17. The zero-order valence-corrected chi connectivity index (χ0v) is 53.5. The number of thiophene rings is 2. The second kappa shape index (κ2) is 20.7. The van der Waals surface area contributed by atoms with Crippen LogP contribution < -0.4 is 9.80 Å². The Morgan fingerprint density at radius 1 is 0.284 bits per heavy atom. The third-order valence-corrected chi connectivity index (χ3v) is 22.6. The molecule has 4 nitrogen and oxygen atoms in total. The van der Waals surface area contributed by atoms with E-state index in [2.05, 4.69) is 327 Å². The number of rotatable bonds is 9. The number of furan rings is 2. The molecule has 1 aliphatic carbocycles. The fourth-order valence-corrected chi connectivity index (χ4v) is 18.2. The predicted octanol–water partition coefficient (Wildman–Crippen LogP) is 26.8. The Balaban J connectivity index is 0.694. The quantitative estimate of drug-likeness (QED) is 0.144. The molecule has 4 heterocycles. The Kier molecular flexibility index (Phi) is 11.8. The Hall–Kier alpha value is -11.5. The summed E-state index contributed by atoms with van der Waals surface area (Å²) in [4.78, 5) is 4.76. The van der Waals surface area contributed by atoms with Crippen molar-refractivity contribution in [3.05, 3.63) is 314 Å². The van der Waals surface area contributed by atoms with Crippen molar-refractivity contribution < 1.29 is 8.83 Å². The van der Waals surface area contributed by atoms with Gasteiger partial charge in [-0.15, -0.1) is 22.7 Å². The van der Waals surface area contributed by atoms with E-state index in [0.717, 1.165) is 94.7 Å². The van der Waals surface area contributed by atoms with Crippen LogP contribution in [-0.4, -0.2) is 0 Å². The van der Waals surface area contributed by atoms with Crippen LogP contribution in [0.4, 0.5) is 34.1 Å². The van der Waals surface area contributed by atoms with Crippen molar-refractivity contribution in [1.82, 2.24) is 0 Å². The molecule has 0 N–H and O–H groups in total. The van der Waals surface area contributed by atoms with Gasteiger partial charge >= 0.3 is 0 Å². The molecule has 1 aliphatic rings. The van der Waals surface area contributed by atoms with Crippen molar-refractivity contribution in [3.8, 4) is 44.5 Å². The summed E-state index contributed by atoms with van der Waals surface area (Å²) in [6.07, 6.45) is 0. The highest BCUT2D eigenvalue weighted by molar-refractivity contribution is 7.27. The van der Waals surface area contributed by atoms with Crippen molar-refractivity contribution in [3.63, 3.8) is 0 Å². The molecular weight excluding hydrogens is 1190 g/mol. The smallest absolute Gasteiger partial charge is 0.159 e. The van der Waals surface area contributed by atoms with Gasteiger partial charge in [0.25, 0.3) is 0 Å². The van der Waals surface area contributed by atoms with E-state index < -0.39 is 0 Å². The van der Waals surface area contributed by atoms with Gasteiger partial charge in [0, 0.05) is 90.1 Å². The third-order valence-electron chi connectivity index (χ3n) is 20.2. The molecule has 0 atom stereocenters. The van der Waals surface area contributed by atoms with Crippen LogP contribution in [0.25, 0.3) is 150 Å². The zero-order valence-electron chi connectivity index (χ0n) is 51.9. The fraction of sp³-hybridized carbons (Fsp3) is 0.0337. The van der Waals surface area contributed by atoms with Gasteiger partial charge in [0.2, 0.25) is 0 Å². The summed E-state index contributed by atoms with van der Waals surface area (Å²) in [7, 11) is 0. The summed E-state index contributed by atoms with van der Waals surface area (Å²) in [5, 5.41) is 14.4. The minimum absolute atomic E-state index is 0.192. The van der Waals surface area contributed by atoms with E-state index >= 15 is 0 Å². The van der Waals surface area contributed by atoms with E-state index in [-0.39, 0.29) is 5.41 Å². The normalized spacial score (nSPS) is 12.8. The molecule has 4 aromatic heterocycles. The highest BCUT2D eigenvalue weighted by Gasteiger charge is 2.36. The van der Waals surface area contributed by atoms with Crippen LogP contribution in [0.2, 0.25) is 0 Å². The first-order chi connectivity index (χ1) is 46.8. The highest BCUT2D eigenvalue weighted by atomic mass is 32.1. The van der Waals surface area contributed by atoms with Gasteiger partial charge in [-0.3, -0.25) is 0 Å². The lowest BCUT2D eigenvalue weighted by Gasteiger charge is -2.28. The number of hydrogen-bond acceptors (Lipinski definition) is 6. The number of hydrogen-bond donors (Lipinski definition) is 0. The lowest BCUT2D eigenvalue weighted by molar-refractivity contribution is 0.660. The molecule has 0 saturated carbocycles. The Morgan fingerprint density at radius 3 is 1.41 bits per heavy atom. The summed E-state index contributed by atoms with van der Waals surface area (Å²) in [5.41, 5.74) is 21.8. The van der Waals surface area contributed by atoms with Gasteiger partial charge in [-0.1, -0.05) is 202 Å². The minimum Gasteiger partial charge on any atom is -0.454 e. The van der Waals surface area contributed by atoms with Crippen molar-refractivity contribution in [1.29, 1.82) is 0 Å². The first kappa shape index (κ1) is 54.1. The van der Waals surface area contributed by atoms with Crippen molar-refractivity contribution in [2.45, 2.75) is 19.3 Å². The van der Waals surface area contributed by atoms with Crippen LogP contribution in [0.5, 0.6) is 0 Å². The Bertz CT molecular complexity index is 6390. The van der Waals surface area contributed by atoms with E-state index in [0.29, 0.717) is 0 Å². The molecule has 95 heavy (non-hydrogen) atoms. The molecule has 0 unspecified atom stereocenters. The molecule has 0 amide bonds. The van der Waals surface area contributed by atoms with Gasteiger partial charge in [0.1, 0.15) is 11.2 Å². The van der Waals surface area contributed by atoms with E-state index in [4.69, 9.17) is 8.83 Å². The second-order valence-corrected chi connectivity index (χ2v) is 28.0. The molecule has 0 saturated heterocycles. The van der Waals surface area contributed by atoms with E-state index in [9.17, 15) is 0 Å². The van der Waals surface area contributed by atoms with Gasteiger partial charge in [-0.2, -0.15) is 0 Å². The topological polar surface area (TPSA) is 32.8 Å². The summed E-state index contributed by atoms with van der Waals surface area (Å²) >= 11 is 3.72. The molecule has 0 bridgehead atoms.